The zero-order valence-electron chi connectivity index (χ0n) is 10.2. The molecular formula is C14H12Cl2FNO. The van der Waals surface area contributed by atoms with Crippen LogP contribution in [0.2, 0.25) is 10.0 Å². The van der Waals surface area contributed by atoms with Crippen LogP contribution in [0.5, 0.6) is 5.75 Å². The van der Waals surface area contributed by atoms with E-state index in [1.54, 1.807) is 31.4 Å². The van der Waals surface area contributed by atoms with Gasteiger partial charge < -0.3 is 10.5 Å². The molecule has 2 rings (SSSR count). The quantitative estimate of drug-likeness (QED) is 0.922. The number of rotatable bonds is 3. The first kappa shape index (κ1) is 14.1. The van der Waals surface area contributed by atoms with E-state index < -0.39 is 11.9 Å². The van der Waals surface area contributed by atoms with Crippen molar-refractivity contribution in [1.82, 2.24) is 0 Å². The maximum Gasteiger partial charge on any atom is 0.141 e. The normalized spacial score (nSPS) is 12.3. The predicted molar refractivity (Wildman–Crippen MR) is 75.4 cm³/mol. The Morgan fingerprint density at radius 2 is 1.84 bits per heavy atom. The van der Waals surface area contributed by atoms with Gasteiger partial charge in [0.25, 0.3) is 0 Å². The molecule has 0 fully saturated rings. The Kier molecular flexibility index (Phi) is 4.30. The van der Waals surface area contributed by atoms with Gasteiger partial charge in [0.2, 0.25) is 0 Å². The van der Waals surface area contributed by atoms with E-state index in [9.17, 15) is 4.39 Å². The second kappa shape index (κ2) is 5.78. The lowest BCUT2D eigenvalue weighted by molar-refractivity contribution is 0.414. The summed E-state index contributed by atoms with van der Waals surface area (Å²) in [4.78, 5) is 0. The highest BCUT2D eigenvalue weighted by molar-refractivity contribution is 6.31. The summed E-state index contributed by atoms with van der Waals surface area (Å²) in [5, 5.41) is 0.532. The highest BCUT2D eigenvalue weighted by Crippen LogP contribution is 2.31. The van der Waals surface area contributed by atoms with Gasteiger partial charge in [0.05, 0.1) is 18.2 Å². The fourth-order valence-corrected chi connectivity index (χ4v) is 2.25. The number of hydrogen-bond acceptors (Lipinski definition) is 2. The third-order valence-corrected chi connectivity index (χ3v) is 3.46. The van der Waals surface area contributed by atoms with Crippen LogP contribution in [0.15, 0.2) is 36.4 Å². The van der Waals surface area contributed by atoms with E-state index >= 15 is 0 Å². The Morgan fingerprint density at radius 3 is 2.42 bits per heavy atom. The van der Waals surface area contributed by atoms with Crippen LogP contribution in [-0.4, -0.2) is 7.11 Å². The molecule has 5 heteroatoms. The number of nitrogens with two attached hydrogens (primary N) is 1. The fourth-order valence-electron chi connectivity index (χ4n) is 1.77. The predicted octanol–water partition coefficient (Wildman–Crippen LogP) is 4.19. The minimum Gasteiger partial charge on any atom is -0.497 e. The van der Waals surface area contributed by atoms with Crippen molar-refractivity contribution in [2.45, 2.75) is 6.04 Å². The summed E-state index contributed by atoms with van der Waals surface area (Å²) in [5.74, 6) is 0.177. The largest absolute Gasteiger partial charge is 0.497 e. The highest BCUT2D eigenvalue weighted by atomic mass is 35.5. The van der Waals surface area contributed by atoms with Crippen molar-refractivity contribution in [3.8, 4) is 5.75 Å². The third-order valence-electron chi connectivity index (χ3n) is 2.85. The Hall–Kier alpha value is -1.29. The van der Waals surface area contributed by atoms with Crippen molar-refractivity contribution in [1.29, 1.82) is 0 Å². The van der Waals surface area contributed by atoms with Gasteiger partial charge in [-0.2, -0.15) is 0 Å². The average molecular weight is 300 g/mol. The second-order valence-corrected chi connectivity index (χ2v) is 4.85. The summed E-state index contributed by atoms with van der Waals surface area (Å²) >= 11 is 11.9. The van der Waals surface area contributed by atoms with Gasteiger partial charge in [0.1, 0.15) is 11.6 Å². The monoisotopic (exact) mass is 299 g/mol. The molecule has 0 aliphatic heterocycles. The Balaban J connectivity index is 2.38. The maximum atomic E-state index is 13.1. The molecule has 0 heterocycles. The second-order valence-electron chi connectivity index (χ2n) is 4.04. The van der Waals surface area contributed by atoms with Crippen LogP contribution in [0.4, 0.5) is 4.39 Å². The van der Waals surface area contributed by atoms with Crippen molar-refractivity contribution < 1.29 is 9.13 Å². The summed E-state index contributed by atoms with van der Waals surface area (Å²) in [6.45, 7) is 0. The molecule has 2 N–H and O–H groups in total. The minimum atomic E-state index is -0.475. The summed E-state index contributed by atoms with van der Waals surface area (Å²) in [5.41, 5.74) is 7.54. The molecule has 0 bridgehead atoms. The van der Waals surface area contributed by atoms with E-state index in [0.29, 0.717) is 16.3 Å². The van der Waals surface area contributed by atoms with Crippen LogP contribution in [0, 0.1) is 5.82 Å². The van der Waals surface area contributed by atoms with Crippen molar-refractivity contribution in [3.63, 3.8) is 0 Å². The zero-order valence-corrected chi connectivity index (χ0v) is 11.7. The summed E-state index contributed by atoms with van der Waals surface area (Å²) < 4.78 is 18.2. The number of halogens is 3. The highest BCUT2D eigenvalue weighted by Gasteiger charge is 2.14. The molecule has 19 heavy (non-hydrogen) atoms. The molecule has 0 saturated heterocycles. The molecule has 0 amide bonds. The van der Waals surface area contributed by atoms with Crippen molar-refractivity contribution in [2.24, 2.45) is 5.73 Å². The van der Waals surface area contributed by atoms with E-state index in [-0.39, 0.29) is 5.02 Å². The molecule has 1 atom stereocenters. The Bertz CT molecular complexity index is 604. The van der Waals surface area contributed by atoms with Crippen LogP contribution in [0.3, 0.4) is 0 Å². The third kappa shape index (κ3) is 3.00. The number of hydrogen-bond donors (Lipinski definition) is 1. The van der Waals surface area contributed by atoms with E-state index in [4.69, 9.17) is 33.7 Å². The molecule has 0 radical (unpaired) electrons. The number of benzene rings is 2. The molecule has 0 aliphatic rings. The van der Waals surface area contributed by atoms with Crippen molar-refractivity contribution in [3.05, 3.63) is 63.4 Å². The van der Waals surface area contributed by atoms with Gasteiger partial charge in [0, 0.05) is 5.02 Å². The average Bonchev–Trinajstić information content (AvgIpc) is 2.41. The van der Waals surface area contributed by atoms with Gasteiger partial charge in [-0.15, -0.1) is 0 Å². The minimum absolute atomic E-state index is 0.0394. The van der Waals surface area contributed by atoms with Crippen LogP contribution in [0.1, 0.15) is 17.2 Å². The van der Waals surface area contributed by atoms with Crippen molar-refractivity contribution >= 4 is 23.2 Å². The lowest BCUT2D eigenvalue weighted by Crippen LogP contribution is -2.12. The molecule has 0 aliphatic carbocycles. The standard InChI is InChI=1S/C14H12Cl2FNO/c1-19-9-3-4-10(11(15)7-9)14(18)8-2-5-13(17)12(16)6-8/h2-7,14H,18H2,1H3. The lowest BCUT2D eigenvalue weighted by Gasteiger charge is -2.15. The summed E-state index contributed by atoms with van der Waals surface area (Å²) in [6.07, 6.45) is 0. The molecule has 2 nitrogen and oxygen atoms in total. The molecule has 2 aromatic carbocycles. The van der Waals surface area contributed by atoms with Gasteiger partial charge in [-0.3, -0.25) is 0 Å². The van der Waals surface area contributed by atoms with Crippen LogP contribution < -0.4 is 10.5 Å². The first-order valence-corrected chi connectivity index (χ1v) is 6.32. The van der Waals surface area contributed by atoms with Crippen molar-refractivity contribution in [2.75, 3.05) is 7.11 Å². The summed E-state index contributed by atoms with van der Waals surface area (Å²) in [6, 6.07) is 9.14. The Morgan fingerprint density at radius 1 is 1.11 bits per heavy atom. The molecule has 2 aromatic rings. The van der Waals surface area contributed by atoms with Gasteiger partial charge in [-0.05, 0) is 35.4 Å². The smallest absolute Gasteiger partial charge is 0.141 e. The molecular weight excluding hydrogens is 288 g/mol. The Labute approximate surface area is 120 Å². The number of methoxy groups -OCH3 is 1. The van der Waals surface area contributed by atoms with E-state index in [1.165, 1.54) is 12.1 Å². The number of ether oxygens (including phenoxy) is 1. The molecule has 1 unspecified atom stereocenters. The van der Waals surface area contributed by atoms with Gasteiger partial charge in [-0.25, -0.2) is 4.39 Å². The first-order chi connectivity index (χ1) is 9.02. The maximum absolute atomic E-state index is 13.1. The first-order valence-electron chi connectivity index (χ1n) is 5.57. The van der Waals surface area contributed by atoms with E-state index in [1.807, 2.05) is 0 Å². The zero-order chi connectivity index (χ0) is 14.0. The van der Waals surface area contributed by atoms with Crippen LogP contribution in [-0.2, 0) is 0 Å². The molecule has 0 spiro atoms. The fraction of sp³-hybridized carbons (Fsp3) is 0.143. The lowest BCUT2D eigenvalue weighted by atomic mass is 9.99. The molecule has 100 valence electrons. The van der Waals surface area contributed by atoms with Crippen LogP contribution in [0.25, 0.3) is 0 Å². The molecule has 0 aromatic heterocycles. The van der Waals surface area contributed by atoms with Gasteiger partial charge >= 0.3 is 0 Å². The van der Waals surface area contributed by atoms with Gasteiger partial charge in [-0.1, -0.05) is 35.3 Å². The van der Waals surface area contributed by atoms with Crippen LogP contribution >= 0.6 is 23.2 Å². The summed E-state index contributed by atoms with van der Waals surface area (Å²) in [7, 11) is 1.56. The van der Waals surface area contributed by atoms with E-state index in [2.05, 4.69) is 0 Å². The molecule has 0 saturated carbocycles. The van der Waals surface area contributed by atoms with Gasteiger partial charge in [0.15, 0.2) is 0 Å². The SMILES string of the molecule is COc1ccc(C(N)c2ccc(F)c(Cl)c2)c(Cl)c1. The van der Waals surface area contributed by atoms with E-state index in [0.717, 1.165) is 5.56 Å². The topological polar surface area (TPSA) is 35.2 Å².